The van der Waals surface area contributed by atoms with E-state index in [2.05, 4.69) is 24.1 Å². The van der Waals surface area contributed by atoms with Gasteiger partial charge in [-0.2, -0.15) is 5.10 Å². The number of hydrogen-bond donors (Lipinski definition) is 0. The molecule has 0 N–H and O–H groups in total. The second-order valence-corrected chi connectivity index (χ2v) is 7.89. The summed E-state index contributed by atoms with van der Waals surface area (Å²) in [7, 11) is 0. The molecule has 8 heteroatoms. The molecule has 1 fully saturated rings. The Bertz CT molecular complexity index is 763. The molecule has 2 amide bonds. The van der Waals surface area contributed by atoms with Crippen LogP contribution in [0.4, 0.5) is 0 Å². The molecule has 4 rings (SSSR count). The zero-order valence-corrected chi connectivity index (χ0v) is 16.1. The lowest BCUT2D eigenvalue weighted by Crippen LogP contribution is -2.39. The molecule has 1 atom stereocenters. The Balaban J connectivity index is 1.45. The largest absolute Gasteiger partial charge is 0.382 e. The number of aryl methyl sites for hydroxylation is 1. The number of rotatable bonds is 3. The number of likely N-dealkylation sites (tertiary alicyclic amines) is 1. The first-order valence-corrected chi connectivity index (χ1v) is 9.90. The number of carbonyl (C=O) groups is 2. The van der Waals surface area contributed by atoms with Crippen LogP contribution in [0.2, 0.25) is 0 Å². The molecule has 27 heavy (non-hydrogen) atoms. The summed E-state index contributed by atoms with van der Waals surface area (Å²) < 4.78 is 1.88. The number of oxime groups is 1. The maximum Gasteiger partial charge on any atom is 0.274 e. The number of carbonyl (C=O) groups excluding carboxylic acids is 2. The van der Waals surface area contributed by atoms with Gasteiger partial charge in [0.1, 0.15) is 0 Å². The van der Waals surface area contributed by atoms with Gasteiger partial charge in [0.05, 0.1) is 18.0 Å². The summed E-state index contributed by atoms with van der Waals surface area (Å²) in [5.41, 5.74) is 2.34. The van der Waals surface area contributed by atoms with Crippen LogP contribution < -0.4 is 0 Å². The Morgan fingerprint density at radius 3 is 2.56 bits per heavy atom. The van der Waals surface area contributed by atoms with E-state index in [9.17, 15) is 9.59 Å². The van der Waals surface area contributed by atoms with Crippen molar-refractivity contribution < 1.29 is 14.4 Å². The minimum absolute atomic E-state index is 0.0000476. The third-order valence-corrected chi connectivity index (χ3v) is 5.57. The fourth-order valence-corrected chi connectivity index (χ4v) is 3.91. The quantitative estimate of drug-likeness (QED) is 0.807. The highest BCUT2D eigenvalue weighted by atomic mass is 16.6. The summed E-state index contributed by atoms with van der Waals surface area (Å²) in [6.45, 7) is 7.55. The Kier molecular flexibility index (Phi) is 4.88. The second-order valence-electron chi connectivity index (χ2n) is 7.89. The standard InChI is InChI=1S/C19H27N5O3/c1-13(2)15-11-17(27-21-15)19(26)23-8-5-9-24-14(12-23)10-16(20-24)18(25)22-6-3-4-7-22/h10,13,17H,3-9,11-12H2,1-2H3. The third-order valence-electron chi connectivity index (χ3n) is 5.57. The first kappa shape index (κ1) is 18.0. The lowest BCUT2D eigenvalue weighted by molar-refractivity contribution is -0.142. The average Bonchev–Trinajstić information content (AvgIpc) is 3.39. The first-order chi connectivity index (χ1) is 13.0. The van der Waals surface area contributed by atoms with Gasteiger partial charge >= 0.3 is 0 Å². The normalized spacial score (nSPS) is 22.5. The van der Waals surface area contributed by atoms with Crippen molar-refractivity contribution >= 4 is 17.5 Å². The van der Waals surface area contributed by atoms with Crippen molar-refractivity contribution in [2.45, 2.75) is 58.7 Å². The number of hydrogen-bond acceptors (Lipinski definition) is 5. The van der Waals surface area contributed by atoms with Crippen LogP contribution in [0, 0.1) is 5.92 Å². The van der Waals surface area contributed by atoms with Gasteiger partial charge in [0, 0.05) is 32.6 Å². The molecule has 0 spiro atoms. The summed E-state index contributed by atoms with van der Waals surface area (Å²) in [6.07, 6.45) is 2.96. The van der Waals surface area contributed by atoms with Crippen molar-refractivity contribution in [2.75, 3.05) is 19.6 Å². The molecule has 1 aromatic heterocycles. The molecular formula is C19H27N5O3. The fourth-order valence-electron chi connectivity index (χ4n) is 3.91. The van der Waals surface area contributed by atoms with Crippen LogP contribution in [0.3, 0.4) is 0 Å². The third kappa shape index (κ3) is 3.57. The molecule has 0 bridgehead atoms. The minimum Gasteiger partial charge on any atom is -0.382 e. The van der Waals surface area contributed by atoms with Gasteiger partial charge in [-0.25, -0.2) is 0 Å². The number of nitrogens with zero attached hydrogens (tertiary/aromatic N) is 5. The van der Waals surface area contributed by atoms with E-state index in [1.54, 1.807) is 0 Å². The van der Waals surface area contributed by atoms with Crippen molar-refractivity contribution in [3.8, 4) is 0 Å². The fraction of sp³-hybridized carbons (Fsp3) is 0.684. The Morgan fingerprint density at radius 1 is 1.11 bits per heavy atom. The summed E-state index contributed by atoms with van der Waals surface area (Å²) in [4.78, 5) is 34.6. The zero-order valence-electron chi connectivity index (χ0n) is 16.1. The van der Waals surface area contributed by atoms with Crippen LogP contribution in [0.25, 0.3) is 0 Å². The number of aromatic nitrogens is 2. The molecule has 0 aromatic carbocycles. The predicted molar refractivity (Wildman–Crippen MR) is 99.2 cm³/mol. The van der Waals surface area contributed by atoms with Gasteiger partial charge in [-0.15, -0.1) is 0 Å². The van der Waals surface area contributed by atoms with Crippen LogP contribution in [-0.2, 0) is 22.7 Å². The van der Waals surface area contributed by atoms with Gasteiger partial charge in [0.15, 0.2) is 5.69 Å². The molecule has 8 nitrogen and oxygen atoms in total. The van der Waals surface area contributed by atoms with E-state index in [0.717, 1.165) is 43.8 Å². The highest BCUT2D eigenvalue weighted by Gasteiger charge is 2.34. The van der Waals surface area contributed by atoms with Crippen LogP contribution >= 0.6 is 0 Å². The molecule has 146 valence electrons. The molecule has 0 saturated carbocycles. The van der Waals surface area contributed by atoms with E-state index in [0.29, 0.717) is 31.7 Å². The lowest BCUT2D eigenvalue weighted by atomic mass is 10.0. The summed E-state index contributed by atoms with van der Waals surface area (Å²) in [5, 5.41) is 8.59. The van der Waals surface area contributed by atoms with Crippen LogP contribution in [0.15, 0.2) is 11.2 Å². The SMILES string of the molecule is CC(C)C1=NOC(C(=O)N2CCCn3nc(C(=O)N4CCCC4)cc3C2)C1. The smallest absolute Gasteiger partial charge is 0.274 e. The van der Waals surface area contributed by atoms with Gasteiger partial charge in [0.25, 0.3) is 11.8 Å². The zero-order chi connectivity index (χ0) is 19.0. The van der Waals surface area contributed by atoms with E-state index in [-0.39, 0.29) is 17.7 Å². The lowest BCUT2D eigenvalue weighted by Gasteiger charge is -2.22. The Labute approximate surface area is 159 Å². The Hall–Kier alpha value is -2.38. The van der Waals surface area contributed by atoms with E-state index in [1.165, 1.54) is 0 Å². The molecule has 1 unspecified atom stereocenters. The highest BCUT2D eigenvalue weighted by Crippen LogP contribution is 2.22. The summed E-state index contributed by atoms with van der Waals surface area (Å²) >= 11 is 0. The Morgan fingerprint density at radius 2 is 1.85 bits per heavy atom. The molecule has 4 heterocycles. The van der Waals surface area contributed by atoms with Crippen molar-refractivity contribution in [2.24, 2.45) is 11.1 Å². The van der Waals surface area contributed by atoms with Crippen molar-refractivity contribution in [1.29, 1.82) is 0 Å². The van der Waals surface area contributed by atoms with E-state index < -0.39 is 6.10 Å². The molecule has 3 aliphatic heterocycles. The van der Waals surface area contributed by atoms with Gasteiger partial charge in [-0.05, 0) is 31.2 Å². The van der Waals surface area contributed by atoms with Gasteiger partial charge in [-0.1, -0.05) is 19.0 Å². The predicted octanol–water partition coefficient (Wildman–Crippen LogP) is 1.65. The molecular weight excluding hydrogens is 346 g/mol. The molecule has 1 aromatic rings. The van der Waals surface area contributed by atoms with Gasteiger partial charge in [-0.3, -0.25) is 14.3 Å². The maximum absolute atomic E-state index is 12.9. The average molecular weight is 373 g/mol. The summed E-state index contributed by atoms with van der Waals surface area (Å²) in [5.74, 6) is 0.254. The highest BCUT2D eigenvalue weighted by molar-refractivity contribution is 5.94. The maximum atomic E-state index is 12.9. The topological polar surface area (TPSA) is 80.0 Å². The van der Waals surface area contributed by atoms with Gasteiger partial charge < -0.3 is 14.6 Å². The van der Waals surface area contributed by atoms with E-state index in [1.807, 2.05) is 20.5 Å². The van der Waals surface area contributed by atoms with Crippen molar-refractivity contribution in [1.82, 2.24) is 19.6 Å². The molecule has 0 aliphatic carbocycles. The number of amides is 2. The van der Waals surface area contributed by atoms with Crippen LogP contribution in [-0.4, -0.2) is 62.8 Å². The molecule has 3 aliphatic rings. The number of fused-ring (bicyclic) bond motifs is 1. The van der Waals surface area contributed by atoms with E-state index >= 15 is 0 Å². The second kappa shape index (κ2) is 7.32. The molecule has 1 saturated heterocycles. The van der Waals surface area contributed by atoms with Crippen molar-refractivity contribution in [3.63, 3.8) is 0 Å². The van der Waals surface area contributed by atoms with Crippen LogP contribution in [0.5, 0.6) is 0 Å². The molecule has 0 radical (unpaired) electrons. The minimum atomic E-state index is -0.525. The summed E-state index contributed by atoms with van der Waals surface area (Å²) in [6, 6.07) is 1.85. The monoisotopic (exact) mass is 373 g/mol. The first-order valence-electron chi connectivity index (χ1n) is 9.90. The van der Waals surface area contributed by atoms with Crippen molar-refractivity contribution in [3.05, 3.63) is 17.5 Å². The van der Waals surface area contributed by atoms with Gasteiger partial charge in [0.2, 0.25) is 6.10 Å². The van der Waals surface area contributed by atoms with E-state index in [4.69, 9.17) is 4.84 Å². The van der Waals surface area contributed by atoms with Crippen LogP contribution in [0.1, 0.15) is 55.7 Å².